The molecule has 0 saturated carbocycles. The second-order valence-corrected chi connectivity index (χ2v) is 7.81. The summed E-state index contributed by atoms with van der Waals surface area (Å²) in [5, 5.41) is 9.12. The smallest absolute Gasteiger partial charge is 0.324 e. The number of anilines is 1. The number of hydrogen-bond donors (Lipinski definition) is 1. The predicted molar refractivity (Wildman–Crippen MR) is 95.3 cm³/mol. The number of piperidine rings is 1. The van der Waals surface area contributed by atoms with Crippen molar-refractivity contribution in [2.24, 2.45) is 5.92 Å². The highest BCUT2D eigenvalue weighted by Gasteiger charge is 2.32. The minimum Gasteiger partial charge on any atom is -0.490 e. The van der Waals surface area contributed by atoms with E-state index < -0.39 is 5.97 Å². The number of carboxylic acid groups (broad SMARTS) is 1. The van der Waals surface area contributed by atoms with Gasteiger partial charge < -0.3 is 14.7 Å². The average Bonchev–Trinajstić information content (AvgIpc) is 2.59. The molecule has 1 aromatic rings. The number of carboxylic acids is 1. The van der Waals surface area contributed by atoms with E-state index in [1.165, 1.54) is 0 Å². The first kappa shape index (κ1) is 17.6. The Morgan fingerprint density at radius 2 is 1.84 bits per heavy atom. The van der Waals surface area contributed by atoms with Crippen LogP contribution in [0, 0.1) is 5.92 Å². The molecule has 0 unspecified atom stereocenters. The number of urea groups is 1. The fourth-order valence-electron chi connectivity index (χ4n) is 3.37. The number of carbonyl (C=O) groups excluding carboxylic acids is 1. The van der Waals surface area contributed by atoms with Gasteiger partial charge in [-0.15, -0.1) is 0 Å². The molecule has 6 heteroatoms. The van der Waals surface area contributed by atoms with Gasteiger partial charge in [-0.2, -0.15) is 0 Å². The lowest BCUT2D eigenvalue weighted by Crippen LogP contribution is -2.50. The Labute approximate surface area is 148 Å². The fourth-order valence-corrected chi connectivity index (χ4v) is 3.37. The molecule has 1 aromatic carbocycles. The average molecular weight is 346 g/mol. The van der Waals surface area contributed by atoms with Crippen molar-refractivity contribution in [2.45, 2.75) is 39.0 Å². The molecule has 1 saturated heterocycles. The topological polar surface area (TPSA) is 70.1 Å². The number of benzene rings is 1. The van der Waals surface area contributed by atoms with E-state index in [0.717, 1.165) is 17.0 Å². The van der Waals surface area contributed by atoms with Crippen molar-refractivity contribution in [3.63, 3.8) is 0 Å². The maximum atomic E-state index is 13.0. The molecular formula is C19H26N2O4. The number of aliphatic carboxylic acids is 1. The highest BCUT2D eigenvalue weighted by molar-refractivity contribution is 5.94. The molecule has 0 aliphatic carbocycles. The molecule has 2 aliphatic heterocycles. The van der Waals surface area contributed by atoms with E-state index >= 15 is 0 Å². The van der Waals surface area contributed by atoms with Crippen LogP contribution in [0.4, 0.5) is 10.5 Å². The Hall–Kier alpha value is -2.24. The number of fused-ring (bicyclic) bond motifs is 1. The molecule has 2 amide bonds. The van der Waals surface area contributed by atoms with Crippen molar-refractivity contribution in [2.75, 3.05) is 31.1 Å². The van der Waals surface area contributed by atoms with Crippen LogP contribution < -0.4 is 9.64 Å². The van der Waals surface area contributed by atoms with Crippen LogP contribution >= 0.6 is 0 Å². The van der Waals surface area contributed by atoms with Crippen LogP contribution in [0.5, 0.6) is 5.75 Å². The van der Waals surface area contributed by atoms with Gasteiger partial charge in [-0.25, -0.2) is 4.79 Å². The third-order valence-corrected chi connectivity index (χ3v) is 5.03. The third-order valence-electron chi connectivity index (χ3n) is 5.03. The standard InChI is InChI=1S/C19H26N2O4/c1-19(2,3)14-4-5-16-15(12-14)21(10-11-25-16)18(24)20-8-6-13(7-9-20)17(22)23/h4-5,12-13H,6-11H2,1-3H3,(H,22,23). The zero-order chi connectivity index (χ0) is 18.2. The van der Waals surface area contributed by atoms with Crippen LogP contribution in [-0.2, 0) is 10.2 Å². The van der Waals surface area contributed by atoms with Gasteiger partial charge in [0.2, 0.25) is 0 Å². The van der Waals surface area contributed by atoms with Gasteiger partial charge in [0.15, 0.2) is 0 Å². The molecule has 3 rings (SSSR count). The van der Waals surface area contributed by atoms with Gasteiger partial charge in [0.05, 0.1) is 18.2 Å². The molecule has 0 radical (unpaired) electrons. The first-order valence-corrected chi connectivity index (χ1v) is 8.84. The van der Waals surface area contributed by atoms with Crippen LogP contribution in [0.25, 0.3) is 0 Å². The van der Waals surface area contributed by atoms with Gasteiger partial charge in [-0.05, 0) is 36.0 Å². The molecule has 2 aliphatic rings. The van der Waals surface area contributed by atoms with E-state index in [0.29, 0.717) is 39.1 Å². The monoisotopic (exact) mass is 346 g/mol. The molecule has 0 bridgehead atoms. The van der Waals surface area contributed by atoms with E-state index in [4.69, 9.17) is 9.84 Å². The summed E-state index contributed by atoms with van der Waals surface area (Å²) in [6.45, 7) is 8.38. The molecule has 1 N–H and O–H groups in total. The minimum absolute atomic E-state index is 0.0129. The number of nitrogens with zero attached hydrogens (tertiary/aromatic N) is 2. The quantitative estimate of drug-likeness (QED) is 0.848. The number of amides is 2. The molecule has 0 aromatic heterocycles. The molecule has 1 fully saturated rings. The zero-order valence-corrected chi connectivity index (χ0v) is 15.1. The van der Waals surface area contributed by atoms with Crippen molar-refractivity contribution in [1.29, 1.82) is 0 Å². The van der Waals surface area contributed by atoms with Gasteiger partial charge in [-0.3, -0.25) is 9.69 Å². The van der Waals surface area contributed by atoms with Crippen molar-refractivity contribution in [3.05, 3.63) is 23.8 Å². The number of likely N-dealkylation sites (tertiary alicyclic amines) is 1. The van der Waals surface area contributed by atoms with Gasteiger partial charge in [0, 0.05) is 13.1 Å². The molecular weight excluding hydrogens is 320 g/mol. The Kier molecular flexibility index (Phi) is 4.62. The lowest BCUT2D eigenvalue weighted by Gasteiger charge is -2.37. The summed E-state index contributed by atoms with van der Waals surface area (Å²) in [5.74, 6) is -0.375. The molecule has 0 spiro atoms. The lowest BCUT2D eigenvalue weighted by atomic mass is 9.86. The van der Waals surface area contributed by atoms with E-state index in [1.807, 2.05) is 18.2 Å². The van der Waals surface area contributed by atoms with E-state index in [2.05, 4.69) is 20.8 Å². The summed E-state index contributed by atoms with van der Waals surface area (Å²) in [6.07, 6.45) is 1.03. The van der Waals surface area contributed by atoms with Crippen LogP contribution in [0.1, 0.15) is 39.2 Å². The summed E-state index contributed by atoms with van der Waals surface area (Å²) in [6, 6.07) is 5.97. The number of ether oxygens (including phenoxy) is 1. The van der Waals surface area contributed by atoms with Crippen LogP contribution in [-0.4, -0.2) is 48.2 Å². The lowest BCUT2D eigenvalue weighted by molar-refractivity contribution is -0.143. The molecule has 2 heterocycles. The van der Waals surface area contributed by atoms with Crippen LogP contribution in [0.3, 0.4) is 0 Å². The second-order valence-electron chi connectivity index (χ2n) is 7.81. The van der Waals surface area contributed by atoms with Gasteiger partial charge >= 0.3 is 12.0 Å². The first-order valence-electron chi connectivity index (χ1n) is 8.84. The summed E-state index contributed by atoms with van der Waals surface area (Å²) in [7, 11) is 0. The van der Waals surface area contributed by atoms with E-state index in [9.17, 15) is 9.59 Å². The third kappa shape index (κ3) is 3.57. The largest absolute Gasteiger partial charge is 0.490 e. The summed E-state index contributed by atoms with van der Waals surface area (Å²) < 4.78 is 5.72. The maximum absolute atomic E-state index is 13.0. The number of carbonyl (C=O) groups is 2. The molecule has 136 valence electrons. The summed E-state index contributed by atoms with van der Waals surface area (Å²) >= 11 is 0. The Bertz CT molecular complexity index is 672. The minimum atomic E-state index is -0.765. The van der Waals surface area contributed by atoms with Crippen LogP contribution in [0.2, 0.25) is 0 Å². The summed E-state index contributed by atoms with van der Waals surface area (Å²) in [4.78, 5) is 27.6. The number of hydrogen-bond acceptors (Lipinski definition) is 3. The Balaban J connectivity index is 1.80. The Morgan fingerprint density at radius 3 is 2.44 bits per heavy atom. The Morgan fingerprint density at radius 1 is 1.16 bits per heavy atom. The highest BCUT2D eigenvalue weighted by atomic mass is 16.5. The second kappa shape index (κ2) is 6.58. The van der Waals surface area contributed by atoms with Crippen molar-refractivity contribution < 1.29 is 19.4 Å². The molecule has 6 nitrogen and oxygen atoms in total. The number of rotatable bonds is 1. The van der Waals surface area contributed by atoms with Gasteiger partial charge in [0.25, 0.3) is 0 Å². The van der Waals surface area contributed by atoms with E-state index in [-0.39, 0.29) is 17.4 Å². The highest BCUT2D eigenvalue weighted by Crippen LogP contribution is 2.36. The van der Waals surface area contributed by atoms with Crippen molar-refractivity contribution in [3.8, 4) is 5.75 Å². The van der Waals surface area contributed by atoms with Crippen molar-refractivity contribution in [1.82, 2.24) is 4.90 Å². The van der Waals surface area contributed by atoms with Crippen molar-refractivity contribution >= 4 is 17.7 Å². The normalized spacial score (nSPS) is 18.5. The first-order chi connectivity index (χ1) is 11.8. The van der Waals surface area contributed by atoms with Crippen LogP contribution in [0.15, 0.2) is 18.2 Å². The predicted octanol–water partition coefficient (Wildman–Crippen LogP) is 3.10. The summed E-state index contributed by atoms with van der Waals surface area (Å²) in [5.41, 5.74) is 1.95. The van der Waals surface area contributed by atoms with Gasteiger partial charge in [-0.1, -0.05) is 26.8 Å². The fraction of sp³-hybridized carbons (Fsp3) is 0.579. The maximum Gasteiger partial charge on any atom is 0.324 e. The zero-order valence-electron chi connectivity index (χ0n) is 15.1. The molecule has 0 atom stereocenters. The molecule has 25 heavy (non-hydrogen) atoms. The van der Waals surface area contributed by atoms with E-state index in [1.54, 1.807) is 9.80 Å². The van der Waals surface area contributed by atoms with Gasteiger partial charge in [0.1, 0.15) is 12.4 Å². The SMILES string of the molecule is CC(C)(C)c1ccc2c(c1)N(C(=O)N1CCC(C(=O)O)CC1)CCO2.